The normalized spacial score (nSPS) is 21.4. The maximum Gasteiger partial charge on any atom is 0.308 e. The molecular formula is C30H46N2O5. The maximum absolute atomic E-state index is 13.5. The molecule has 0 aromatic heterocycles. The highest BCUT2D eigenvalue weighted by atomic mass is 16.5. The lowest BCUT2D eigenvalue weighted by atomic mass is 9.77. The first-order valence-corrected chi connectivity index (χ1v) is 13.8. The van der Waals surface area contributed by atoms with E-state index < -0.39 is 11.9 Å². The number of aliphatic hydroxyl groups is 1. The van der Waals surface area contributed by atoms with Crippen molar-refractivity contribution in [2.75, 3.05) is 39.4 Å². The molecule has 2 aliphatic heterocycles. The summed E-state index contributed by atoms with van der Waals surface area (Å²) in [5, 5.41) is 19.8. The molecule has 0 spiro atoms. The maximum atomic E-state index is 13.5. The molecule has 0 aliphatic carbocycles. The number of rotatable bonds is 13. The number of carbonyl (C=O) groups is 2. The predicted molar refractivity (Wildman–Crippen MR) is 146 cm³/mol. The van der Waals surface area contributed by atoms with Crippen LogP contribution in [0.5, 0.6) is 5.75 Å². The standard InChI is InChI=1S/C30H46N2O5/c1-6-7-12-31(13-8-14-33)27(34)20-32-19-24(22-9-10-26-23(16-22)11-15-37-26)28(29(35)36)25(32)18-30(4,5)17-21(2)3/h9-10,16-17,24-25,28,33H,6-8,11-15,18-20H2,1-5H3,(H,35,36)/t24-,25+,28?/m1/s1. The molecule has 1 amide bonds. The minimum absolute atomic E-state index is 0.0130. The second kappa shape index (κ2) is 12.9. The number of allylic oxidation sites excluding steroid dienone is 2. The van der Waals surface area contributed by atoms with E-state index >= 15 is 0 Å². The molecular weight excluding hydrogens is 468 g/mol. The summed E-state index contributed by atoms with van der Waals surface area (Å²) in [4.78, 5) is 30.3. The third kappa shape index (κ3) is 7.57. The number of fused-ring (bicyclic) bond motifs is 1. The smallest absolute Gasteiger partial charge is 0.308 e. The topological polar surface area (TPSA) is 90.3 Å². The zero-order chi connectivity index (χ0) is 27.2. The van der Waals surface area contributed by atoms with Gasteiger partial charge in [0.15, 0.2) is 0 Å². The van der Waals surface area contributed by atoms with Gasteiger partial charge in [0.05, 0.1) is 19.1 Å². The number of ether oxygens (including phenoxy) is 1. The van der Waals surface area contributed by atoms with Gasteiger partial charge in [-0.3, -0.25) is 14.5 Å². The number of aliphatic hydroxyl groups excluding tert-OH is 1. The van der Waals surface area contributed by atoms with Crippen molar-refractivity contribution in [2.24, 2.45) is 11.3 Å². The van der Waals surface area contributed by atoms with Crippen molar-refractivity contribution >= 4 is 11.9 Å². The summed E-state index contributed by atoms with van der Waals surface area (Å²) in [6.07, 6.45) is 6.14. The first-order valence-electron chi connectivity index (χ1n) is 13.8. The minimum atomic E-state index is -0.808. The summed E-state index contributed by atoms with van der Waals surface area (Å²) in [5.41, 5.74) is 3.13. The number of aliphatic carboxylic acids is 1. The Morgan fingerprint density at radius 1 is 1.22 bits per heavy atom. The number of hydrogen-bond donors (Lipinski definition) is 2. The molecule has 1 aromatic rings. The second-order valence-corrected chi connectivity index (χ2v) is 11.7. The van der Waals surface area contributed by atoms with Crippen LogP contribution in [0.3, 0.4) is 0 Å². The lowest BCUT2D eigenvalue weighted by Crippen LogP contribution is -2.46. The van der Waals surface area contributed by atoms with Crippen LogP contribution < -0.4 is 4.74 Å². The van der Waals surface area contributed by atoms with Gasteiger partial charge in [-0.2, -0.15) is 0 Å². The van der Waals surface area contributed by atoms with E-state index in [4.69, 9.17) is 4.74 Å². The van der Waals surface area contributed by atoms with Gasteiger partial charge in [-0.15, -0.1) is 0 Å². The molecule has 37 heavy (non-hydrogen) atoms. The van der Waals surface area contributed by atoms with Crippen molar-refractivity contribution in [1.29, 1.82) is 0 Å². The molecule has 1 unspecified atom stereocenters. The fraction of sp³-hybridized carbons (Fsp3) is 0.667. The van der Waals surface area contributed by atoms with Crippen LogP contribution in [-0.4, -0.2) is 77.3 Å². The zero-order valence-corrected chi connectivity index (χ0v) is 23.3. The fourth-order valence-electron chi connectivity index (χ4n) is 6.15. The van der Waals surface area contributed by atoms with Crippen LogP contribution in [0.2, 0.25) is 0 Å². The average molecular weight is 515 g/mol. The summed E-state index contributed by atoms with van der Waals surface area (Å²) in [6.45, 7) is 13.1. The van der Waals surface area contributed by atoms with E-state index in [1.165, 1.54) is 5.57 Å². The number of unbranched alkanes of at least 4 members (excludes halogenated alkanes) is 1. The van der Waals surface area contributed by atoms with Gasteiger partial charge in [-0.05, 0) is 55.7 Å². The van der Waals surface area contributed by atoms with Crippen molar-refractivity contribution in [2.45, 2.75) is 78.7 Å². The summed E-state index contributed by atoms with van der Waals surface area (Å²) in [7, 11) is 0. The van der Waals surface area contributed by atoms with Crippen LogP contribution in [-0.2, 0) is 16.0 Å². The Kier molecular flexibility index (Phi) is 10.2. The van der Waals surface area contributed by atoms with Gasteiger partial charge < -0.3 is 19.8 Å². The first-order chi connectivity index (χ1) is 17.6. The van der Waals surface area contributed by atoms with Gasteiger partial charge in [0.1, 0.15) is 5.75 Å². The molecule has 3 rings (SSSR count). The lowest BCUT2D eigenvalue weighted by Gasteiger charge is -2.34. The van der Waals surface area contributed by atoms with Gasteiger partial charge in [0.2, 0.25) is 5.91 Å². The van der Waals surface area contributed by atoms with Crippen molar-refractivity contribution in [3.63, 3.8) is 0 Å². The number of carboxylic acids is 1. The molecule has 0 radical (unpaired) electrons. The van der Waals surface area contributed by atoms with E-state index in [1.807, 2.05) is 17.0 Å². The van der Waals surface area contributed by atoms with Gasteiger partial charge in [0.25, 0.3) is 0 Å². The number of benzene rings is 1. The van der Waals surface area contributed by atoms with Crippen LogP contribution in [0.15, 0.2) is 29.8 Å². The number of carboxylic acid groups (broad SMARTS) is 1. The molecule has 2 heterocycles. The molecule has 1 aromatic carbocycles. The Bertz CT molecular complexity index is 961. The molecule has 1 fully saturated rings. The Hall–Kier alpha value is -2.38. The lowest BCUT2D eigenvalue weighted by molar-refractivity contribution is -0.144. The molecule has 0 saturated carbocycles. The molecule has 2 N–H and O–H groups in total. The average Bonchev–Trinajstić information content (AvgIpc) is 3.42. The van der Waals surface area contributed by atoms with E-state index in [0.717, 1.165) is 36.1 Å². The highest BCUT2D eigenvalue weighted by Crippen LogP contribution is 2.44. The van der Waals surface area contributed by atoms with Crippen molar-refractivity contribution in [3.8, 4) is 5.75 Å². The third-order valence-corrected chi connectivity index (χ3v) is 7.65. The van der Waals surface area contributed by atoms with Crippen molar-refractivity contribution in [1.82, 2.24) is 9.80 Å². The summed E-state index contributed by atoms with van der Waals surface area (Å²) < 4.78 is 5.68. The number of carbonyl (C=O) groups excluding carboxylic acids is 1. The molecule has 3 atom stereocenters. The SMILES string of the molecule is CCCCN(CCCO)C(=O)CN1C[C@H](c2ccc3c(c2)CCO3)C(C(=O)O)[C@@H]1CC(C)(C)C=C(C)C. The van der Waals surface area contributed by atoms with Gasteiger partial charge in [-0.1, -0.05) is 51.0 Å². The molecule has 7 heteroatoms. The highest BCUT2D eigenvalue weighted by Gasteiger charge is 2.48. The quantitative estimate of drug-likeness (QED) is 0.377. The zero-order valence-electron chi connectivity index (χ0n) is 23.3. The van der Waals surface area contributed by atoms with Crippen molar-refractivity contribution < 1.29 is 24.5 Å². The van der Waals surface area contributed by atoms with Crippen LogP contribution in [0.25, 0.3) is 0 Å². The van der Waals surface area contributed by atoms with E-state index in [1.54, 1.807) is 0 Å². The van der Waals surface area contributed by atoms with Gasteiger partial charge in [0, 0.05) is 44.6 Å². The van der Waals surface area contributed by atoms with Crippen LogP contribution in [0.4, 0.5) is 0 Å². The molecule has 7 nitrogen and oxygen atoms in total. The Morgan fingerprint density at radius 2 is 1.95 bits per heavy atom. The van der Waals surface area contributed by atoms with Gasteiger partial charge >= 0.3 is 5.97 Å². The monoisotopic (exact) mass is 514 g/mol. The molecule has 2 aliphatic rings. The summed E-state index contributed by atoms with van der Waals surface area (Å²) in [5.74, 6) is -0.723. The number of nitrogens with zero attached hydrogens (tertiary/aromatic N) is 2. The summed E-state index contributed by atoms with van der Waals surface area (Å²) in [6, 6.07) is 5.81. The molecule has 0 bridgehead atoms. The minimum Gasteiger partial charge on any atom is -0.493 e. The van der Waals surface area contributed by atoms with Crippen LogP contribution >= 0.6 is 0 Å². The Balaban J connectivity index is 1.93. The van der Waals surface area contributed by atoms with Crippen molar-refractivity contribution in [3.05, 3.63) is 41.0 Å². The van der Waals surface area contributed by atoms with E-state index in [2.05, 4.69) is 51.7 Å². The van der Waals surface area contributed by atoms with Crippen LogP contribution in [0.1, 0.15) is 77.3 Å². The second-order valence-electron chi connectivity index (χ2n) is 11.7. The molecule has 1 saturated heterocycles. The number of amides is 1. The van der Waals surface area contributed by atoms with E-state index in [9.17, 15) is 19.8 Å². The number of likely N-dealkylation sites (tertiary alicyclic amines) is 1. The van der Waals surface area contributed by atoms with Crippen LogP contribution in [0, 0.1) is 11.3 Å². The molecule has 206 valence electrons. The Labute approximate surface area is 222 Å². The fourth-order valence-corrected chi connectivity index (χ4v) is 6.15. The van der Waals surface area contributed by atoms with E-state index in [0.29, 0.717) is 39.1 Å². The highest BCUT2D eigenvalue weighted by molar-refractivity contribution is 5.79. The third-order valence-electron chi connectivity index (χ3n) is 7.65. The predicted octanol–water partition coefficient (Wildman–Crippen LogP) is 4.48. The summed E-state index contributed by atoms with van der Waals surface area (Å²) >= 11 is 0. The Morgan fingerprint density at radius 3 is 2.59 bits per heavy atom. The largest absolute Gasteiger partial charge is 0.493 e. The first kappa shape index (κ1) is 29.2. The van der Waals surface area contributed by atoms with Gasteiger partial charge in [-0.25, -0.2) is 0 Å². The van der Waals surface area contributed by atoms with E-state index in [-0.39, 0.29) is 36.4 Å². The number of hydrogen-bond acceptors (Lipinski definition) is 5.